The molecule has 1 aliphatic heterocycles. The molecule has 20 heavy (non-hydrogen) atoms. The highest BCUT2D eigenvalue weighted by Gasteiger charge is 2.22. The Morgan fingerprint density at radius 1 is 1.30 bits per heavy atom. The number of hydrogen-bond donors (Lipinski definition) is 1. The molecule has 0 aromatic heterocycles. The molecule has 0 radical (unpaired) electrons. The van der Waals surface area contributed by atoms with Crippen molar-refractivity contribution in [2.75, 3.05) is 18.8 Å². The molecule has 0 spiro atoms. The first-order valence-electron chi connectivity index (χ1n) is 6.74. The van der Waals surface area contributed by atoms with E-state index in [1.54, 1.807) is 0 Å². The standard InChI is InChI=1S/C14H22N2O3S.H2/c1-14(2,3)20-10-4-5-11(17)15-8-9-16-12(18)6-7-13(16)19;/h6-7H,4-5,8-10H2,1-3H3,(H,15,17);1H. The highest BCUT2D eigenvalue weighted by molar-refractivity contribution is 8.00. The molecule has 5 nitrogen and oxygen atoms in total. The lowest BCUT2D eigenvalue weighted by molar-refractivity contribution is -0.137. The van der Waals surface area contributed by atoms with Crippen LogP contribution >= 0.6 is 11.8 Å². The number of nitrogens with one attached hydrogen (secondary N) is 1. The maximum atomic E-state index is 11.6. The van der Waals surface area contributed by atoms with Gasteiger partial charge in [0, 0.05) is 37.8 Å². The molecule has 0 atom stereocenters. The van der Waals surface area contributed by atoms with Gasteiger partial charge in [-0.2, -0.15) is 11.8 Å². The van der Waals surface area contributed by atoms with E-state index in [2.05, 4.69) is 26.1 Å². The van der Waals surface area contributed by atoms with Crippen molar-refractivity contribution >= 4 is 29.5 Å². The minimum absolute atomic E-state index is 0. The number of rotatable bonds is 7. The summed E-state index contributed by atoms with van der Waals surface area (Å²) < 4.78 is 0.222. The second-order valence-electron chi connectivity index (χ2n) is 5.58. The number of nitrogens with zero attached hydrogens (tertiary/aromatic N) is 1. The van der Waals surface area contributed by atoms with Crippen molar-refractivity contribution in [1.82, 2.24) is 10.2 Å². The van der Waals surface area contributed by atoms with Crippen molar-refractivity contribution in [2.24, 2.45) is 0 Å². The molecule has 3 amide bonds. The van der Waals surface area contributed by atoms with E-state index < -0.39 is 0 Å². The molecule has 6 heteroatoms. The van der Waals surface area contributed by atoms with Crippen LogP contribution < -0.4 is 5.32 Å². The lowest BCUT2D eigenvalue weighted by Gasteiger charge is -2.17. The molecule has 0 saturated heterocycles. The zero-order valence-electron chi connectivity index (χ0n) is 12.3. The number of thioether (sulfide) groups is 1. The number of carbonyl (C=O) groups excluding carboxylic acids is 3. The van der Waals surface area contributed by atoms with Crippen LogP contribution in [0.2, 0.25) is 0 Å². The molecule has 0 aromatic carbocycles. The Hall–Kier alpha value is -1.30. The first-order valence-corrected chi connectivity index (χ1v) is 7.72. The third kappa shape index (κ3) is 6.23. The number of carbonyl (C=O) groups is 3. The van der Waals surface area contributed by atoms with Gasteiger partial charge in [0.25, 0.3) is 11.8 Å². The van der Waals surface area contributed by atoms with Gasteiger partial charge < -0.3 is 5.32 Å². The van der Waals surface area contributed by atoms with Crippen LogP contribution in [-0.4, -0.2) is 46.2 Å². The minimum Gasteiger partial charge on any atom is -0.354 e. The Balaban J connectivity index is 0.00000400. The molecule has 0 fully saturated rings. The van der Waals surface area contributed by atoms with Gasteiger partial charge in [-0.3, -0.25) is 19.3 Å². The second kappa shape index (κ2) is 7.47. The van der Waals surface area contributed by atoms with Gasteiger partial charge in [0.15, 0.2) is 0 Å². The van der Waals surface area contributed by atoms with Crippen LogP contribution in [0, 0.1) is 0 Å². The SMILES string of the molecule is CC(C)(C)SCCCC(=O)NCCN1C(=O)C=CC1=O.[HH]. The smallest absolute Gasteiger partial charge is 0.253 e. The molecule has 1 heterocycles. The molecule has 1 aliphatic rings. The first kappa shape index (κ1) is 16.8. The van der Waals surface area contributed by atoms with E-state index in [-0.39, 0.29) is 30.4 Å². The minimum atomic E-state index is -0.314. The van der Waals surface area contributed by atoms with Crippen LogP contribution in [0.15, 0.2) is 12.2 Å². The van der Waals surface area contributed by atoms with E-state index >= 15 is 0 Å². The lowest BCUT2D eigenvalue weighted by atomic mass is 10.3. The fourth-order valence-electron chi connectivity index (χ4n) is 1.66. The summed E-state index contributed by atoms with van der Waals surface area (Å²) in [4.78, 5) is 35.2. The van der Waals surface area contributed by atoms with Crippen molar-refractivity contribution in [3.8, 4) is 0 Å². The van der Waals surface area contributed by atoms with Crippen molar-refractivity contribution in [3.63, 3.8) is 0 Å². The summed E-state index contributed by atoms with van der Waals surface area (Å²) in [7, 11) is 0. The van der Waals surface area contributed by atoms with Crippen LogP contribution in [0.25, 0.3) is 0 Å². The predicted molar refractivity (Wildman–Crippen MR) is 82.4 cm³/mol. The van der Waals surface area contributed by atoms with Gasteiger partial charge in [0.2, 0.25) is 5.91 Å². The molecule has 1 rings (SSSR count). The number of amides is 3. The Bertz CT molecular complexity index is 401. The van der Waals surface area contributed by atoms with Crippen LogP contribution in [0.4, 0.5) is 0 Å². The van der Waals surface area contributed by atoms with Crippen LogP contribution in [0.5, 0.6) is 0 Å². The maximum absolute atomic E-state index is 11.6. The zero-order chi connectivity index (χ0) is 15.2. The van der Waals surface area contributed by atoms with Gasteiger partial charge in [-0.15, -0.1) is 0 Å². The maximum Gasteiger partial charge on any atom is 0.253 e. The van der Waals surface area contributed by atoms with E-state index in [9.17, 15) is 14.4 Å². The average Bonchev–Trinajstić information content (AvgIpc) is 2.65. The Morgan fingerprint density at radius 2 is 1.90 bits per heavy atom. The topological polar surface area (TPSA) is 66.5 Å². The molecule has 1 N–H and O–H groups in total. The summed E-state index contributed by atoms with van der Waals surface area (Å²) in [6.07, 6.45) is 3.79. The Kier molecular flexibility index (Phi) is 6.26. The number of hydrogen-bond acceptors (Lipinski definition) is 4. The summed E-state index contributed by atoms with van der Waals surface area (Å²) in [5, 5.41) is 2.73. The van der Waals surface area contributed by atoms with Crippen molar-refractivity contribution in [2.45, 2.75) is 38.4 Å². The van der Waals surface area contributed by atoms with Gasteiger partial charge in [0.05, 0.1) is 0 Å². The molecule has 0 aromatic rings. The van der Waals surface area contributed by atoms with E-state index in [1.807, 2.05) is 11.8 Å². The van der Waals surface area contributed by atoms with E-state index in [1.165, 1.54) is 12.2 Å². The van der Waals surface area contributed by atoms with Gasteiger partial charge in [0.1, 0.15) is 0 Å². The quantitative estimate of drug-likeness (QED) is 0.573. The summed E-state index contributed by atoms with van der Waals surface area (Å²) >= 11 is 1.83. The average molecular weight is 300 g/mol. The van der Waals surface area contributed by atoms with Gasteiger partial charge in [-0.05, 0) is 12.2 Å². The monoisotopic (exact) mass is 300 g/mol. The van der Waals surface area contributed by atoms with Crippen molar-refractivity contribution < 1.29 is 15.8 Å². The largest absolute Gasteiger partial charge is 0.354 e. The molecule has 0 unspecified atom stereocenters. The fourth-order valence-corrected chi connectivity index (χ4v) is 2.56. The van der Waals surface area contributed by atoms with Crippen LogP contribution in [-0.2, 0) is 14.4 Å². The third-order valence-corrected chi connectivity index (χ3v) is 4.00. The molecular formula is C14H24N2O3S. The summed E-state index contributed by atoms with van der Waals surface area (Å²) in [5.74, 6) is 0.285. The molecular weight excluding hydrogens is 276 g/mol. The zero-order valence-corrected chi connectivity index (χ0v) is 13.1. The van der Waals surface area contributed by atoms with E-state index in [4.69, 9.17) is 0 Å². The Labute approximate surface area is 125 Å². The predicted octanol–water partition coefficient (Wildman–Crippen LogP) is 1.59. The lowest BCUT2D eigenvalue weighted by Crippen LogP contribution is -2.38. The summed E-state index contributed by atoms with van der Waals surface area (Å²) in [5.41, 5.74) is 0. The third-order valence-electron chi connectivity index (χ3n) is 2.64. The normalized spacial score (nSPS) is 15.1. The fraction of sp³-hybridized carbons (Fsp3) is 0.643. The molecule has 0 saturated carbocycles. The molecule has 114 valence electrons. The second-order valence-corrected chi connectivity index (χ2v) is 7.50. The van der Waals surface area contributed by atoms with Gasteiger partial charge in [-0.1, -0.05) is 20.8 Å². The highest BCUT2D eigenvalue weighted by Crippen LogP contribution is 2.23. The molecule has 0 aliphatic carbocycles. The number of imide groups is 1. The Morgan fingerprint density at radius 3 is 2.45 bits per heavy atom. The summed E-state index contributed by atoms with van der Waals surface area (Å²) in [6.45, 7) is 6.99. The van der Waals surface area contributed by atoms with Crippen molar-refractivity contribution in [1.29, 1.82) is 0 Å². The van der Waals surface area contributed by atoms with Gasteiger partial charge >= 0.3 is 0 Å². The van der Waals surface area contributed by atoms with Crippen molar-refractivity contribution in [3.05, 3.63) is 12.2 Å². The van der Waals surface area contributed by atoms with E-state index in [0.29, 0.717) is 13.0 Å². The van der Waals surface area contributed by atoms with Crippen LogP contribution in [0.3, 0.4) is 0 Å². The van der Waals surface area contributed by atoms with Gasteiger partial charge in [-0.25, -0.2) is 0 Å². The molecule has 0 bridgehead atoms. The van der Waals surface area contributed by atoms with E-state index in [0.717, 1.165) is 17.1 Å². The highest BCUT2D eigenvalue weighted by atomic mass is 32.2. The van der Waals surface area contributed by atoms with Crippen LogP contribution in [0.1, 0.15) is 35.0 Å². The summed E-state index contributed by atoms with van der Waals surface area (Å²) in [6, 6.07) is 0. The first-order chi connectivity index (χ1) is 9.29.